The van der Waals surface area contributed by atoms with E-state index in [0.717, 1.165) is 28.1 Å². The molecule has 0 amide bonds. The summed E-state index contributed by atoms with van der Waals surface area (Å²) in [5, 5.41) is 4.48. The molecule has 0 fully saturated rings. The number of H-pyrrole nitrogens is 1. The van der Waals surface area contributed by atoms with Gasteiger partial charge in [0.05, 0.1) is 0 Å². The van der Waals surface area contributed by atoms with Gasteiger partial charge >= 0.3 is 0 Å². The third-order valence-corrected chi connectivity index (χ3v) is 3.67. The van der Waals surface area contributed by atoms with E-state index >= 15 is 0 Å². The van der Waals surface area contributed by atoms with E-state index in [9.17, 15) is 8.78 Å². The molecule has 0 aliphatic heterocycles. The SMILES string of the molecule is CC(NCc1ccc2[nH]ccc2c1)c1ccc(F)c(F)c1. The van der Waals surface area contributed by atoms with Crippen LogP contribution in [0.3, 0.4) is 0 Å². The van der Waals surface area contributed by atoms with Gasteiger partial charge in [-0.3, -0.25) is 0 Å². The first-order valence-electron chi connectivity index (χ1n) is 6.88. The highest BCUT2D eigenvalue weighted by Gasteiger charge is 2.09. The lowest BCUT2D eigenvalue weighted by atomic mass is 10.1. The summed E-state index contributed by atoms with van der Waals surface area (Å²) >= 11 is 0. The van der Waals surface area contributed by atoms with Crippen molar-refractivity contribution in [3.63, 3.8) is 0 Å². The quantitative estimate of drug-likeness (QED) is 0.735. The van der Waals surface area contributed by atoms with Gasteiger partial charge in [0.15, 0.2) is 11.6 Å². The number of aromatic nitrogens is 1. The van der Waals surface area contributed by atoms with Gasteiger partial charge in [-0.25, -0.2) is 8.78 Å². The lowest BCUT2D eigenvalue weighted by molar-refractivity contribution is 0.500. The molecule has 0 saturated heterocycles. The van der Waals surface area contributed by atoms with Crippen molar-refractivity contribution in [3.8, 4) is 0 Å². The Balaban J connectivity index is 1.69. The second-order valence-electron chi connectivity index (χ2n) is 5.18. The second kappa shape index (κ2) is 5.66. The Morgan fingerprint density at radius 3 is 2.71 bits per heavy atom. The van der Waals surface area contributed by atoms with Crippen LogP contribution < -0.4 is 5.32 Å². The van der Waals surface area contributed by atoms with Crippen molar-refractivity contribution in [2.45, 2.75) is 19.5 Å². The Hall–Kier alpha value is -2.20. The molecule has 2 aromatic carbocycles. The molecular formula is C17H16F2N2. The summed E-state index contributed by atoms with van der Waals surface area (Å²) in [7, 11) is 0. The largest absolute Gasteiger partial charge is 0.361 e. The molecule has 3 rings (SSSR count). The van der Waals surface area contributed by atoms with Crippen LogP contribution in [0.15, 0.2) is 48.7 Å². The van der Waals surface area contributed by atoms with Crippen LogP contribution in [0.2, 0.25) is 0 Å². The van der Waals surface area contributed by atoms with Crippen molar-refractivity contribution < 1.29 is 8.78 Å². The maximum atomic E-state index is 13.2. The Morgan fingerprint density at radius 1 is 1.05 bits per heavy atom. The van der Waals surface area contributed by atoms with Gasteiger partial charge in [0, 0.05) is 24.3 Å². The first-order valence-corrected chi connectivity index (χ1v) is 6.88. The molecule has 0 spiro atoms. The summed E-state index contributed by atoms with van der Waals surface area (Å²) < 4.78 is 26.2. The van der Waals surface area contributed by atoms with Crippen LogP contribution in [0.4, 0.5) is 8.78 Å². The minimum atomic E-state index is -0.816. The average Bonchev–Trinajstić information content (AvgIpc) is 2.95. The number of halogens is 2. The Kier molecular flexibility index (Phi) is 3.71. The van der Waals surface area contributed by atoms with E-state index in [2.05, 4.69) is 16.4 Å². The molecular weight excluding hydrogens is 270 g/mol. The number of fused-ring (bicyclic) bond motifs is 1. The highest BCUT2D eigenvalue weighted by atomic mass is 19.2. The van der Waals surface area contributed by atoms with Gasteiger partial charge in [-0.1, -0.05) is 12.1 Å². The maximum absolute atomic E-state index is 13.2. The zero-order chi connectivity index (χ0) is 14.8. The van der Waals surface area contributed by atoms with Gasteiger partial charge in [0.1, 0.15) is 0 Å². The fraction of sp³-hybridized carbons (Fsp3) is 0.176. The minimum absolute atomic E-state index is 0.0537. The number of hydrogen-bond donors (Lipinski definition) is 2. The smallest absolute Gasteiger partial charge is 0.159 e. The predicted octanol–water partition coefficient (Wildman–Crippen LogP) is 4.30. The van der Waals surface area contributed by atoms with Crippen LogP contribution in [-0.2, 0) is 6.54 Å². The van der Waals surface area contributed by atoms with Crippen molar-refractivity contribution in [1.82, 2.24) is 10.3 Å². The summed E-state index contributed by atoms with van der Waals surface area (Å²) in [6.07, 6.45) is 1.91. The Morgan fingerprint density at radius 2 is 1.90 bits per heavy atom. The minimum Gasteiger partial charge on any atom is -0.361 e. The van der Waals surface area contributed by atoms with E-state index in [1.807, 2.05) is 31.3 Å². The lowest BCUT2D eigenvalue weighted by Gasteiger charge is -2.14. The fourth-order valence-electron chi connectivity index (χ4n) is 2.38. The molecule has 0 bridgehead atoms. The molecule has 3 aromatic rings. The molecule has 2 nitrogen and oxygen atoms in total. The van der Waals surface area contributed by atoms with Gasteiger partial charge in [-0.15, -0.1) is 0 Å². The van der Waals surface area contributed by atoms with Crippen LogP contribution in [0.1, 0.15) is 24.1 Å². The summed E-state index contributed by atoms with van der Waals surface area (Å²) in [6, 6.07) is 12.2. The van der Waals surface area contributed by atoms with Gasteiger partial charge in [0.2, 0.25) is 0 Å². The van der Waals surface area contributed by atoms with E-state index in [-0.39, 0.29) is 6.04 Å². The summed E-state index contributed by atoms with van der Waals surface area (Å²) in [5.74, 6) is -1.63. The van der Waals surface area contributed by atoms with Gasteiger partial charge in [-0.2, -0.15) is 0 Å². The molecule has 1 heterocycles. The van der Waals surface area contributed by atoms with Crippen molar-refractivity contribution >= 4 is 10.9 Å². The predicted molar refractivity (Wildman–Crippen MR) is 79.9 cm³/mol. The number of aromatic amines is 1. The molecule has 108 valence electrons. The highest BCUT2D eigenvalue weighted by Crippen LogP contribution is 2.18. The molecule has 0 saturated carbocycles. The van der Waals surface area contributed by atoms with E-state index in [4.69, 9.17) is 0 Å². The van der Waals surface area contributed by atoms with Crippen LogP contribution in [0.5, 0.6) is 0 Å². The molecule has 0 radical (unpaired) electrons. The first-order chi connectivity index (χ1) is 10.1. The number of nitrogens with one attached hydrogen (secondary N) is 2. The van der Waals surface area contributed by atoms with Crippen molar-refractivity contribution in [2.24, 2.45) is 0 Å². The van der Waals surface area contributed by atoms with Crippen LogP contribution >= 0.6 is 0 Å². The van der Waals surface area contributed by atoms with Gasteiger partial charge in [0.25, 0.3) is 0 Å². The average molecular weight is 286 g/mol. The monoisotopic (exact) mass is 286 g/mol. The van der Waals surface area contributed by atoms with Crippen molar-refractivity contribution in [2.75, 3.05) is 0 Å². The van der Waals surface area contributed by atoms with E-state index < -0.39 is 11.6 Å². The Bertz CT molecular complexity index is 764. The molecule has 1 unspecified atom stereocenters. The molecule has 2 N–H and O–H groups in total. The molecule has 4 heteroatoms. The topological polar surface area (TPSA) is 27.8 Å². The number of rotatable bonds is 4. The standard InChI is InChI=1S/C17H16F2N2/c1-11(13-3-4-15(18)16(19)9-13)21-10-12-2-5-17-14(8-12)6-7-20-17/h2-9,11,20-21H,10H2,1H3. The van der Waals surface area contributed by atoms with Crippen LogP contribution in [-0.4, -0.2) is 4.98 Å². The molecule has 1 atom stereocenters. The lowest BCUT2D eigenvalue weighted by Crippen LogP contribution is -2.18. The van der Waals surface area contributed by atoms with E-state index in [1.54, 1.807) is 6.07 Å². The maximum Gasteiger partial charge on any atom is 0.159 e. The van der Waals surface area contributed by atoms with E-state index in [1.165, 1.54) is 6.07 Å². The molecule has 0 aliphatic rings. The zero-order valence-corrected chi connectivity index (χ0v) is 11.7. The van der Waals surface area contributed by atoms with E-state index in [0.29, 0.717) is 6.54 Å². The second-order valence-corrected chi connectivity index (χ2v) is 5.18. The highest BCUT2D eigenvalue weighted by molar-refractivity contribution is 5.79. The first kappa shape index (κ1) is 13.8. The van der Waals surface area contributed by atoms with Crippen LogP contribution in [0, 0.1) is 11.6 Å². The van der Waals surface area contributed by atoms with Crippen molar-refractivity contribution in [3.05, 3.63) is 71.4 Å². The molecule has 0 aliphatic carbocycles. The van der Waals surface area contributed by atoms with Gasteiger partial charge < -0.3 is 10.3 Å². The third kappa shape index (κ3) is 2.95. The Labute approximate surface area is 121 Å². The summed E-state index contributed by atoms with van der Waals surface area (Å²) in [6.45, 7) is 2.60. The number of benzene rings is 2. The normalized spacial score (nSPS) is 12.7. The fourth-order valence-corrected chi connectivity index (χ4v) is 2.38. The summed E-state index contributed by atoms with van der Waals surface area (Å²) in [5.41, 5.74) is 2.99. The van der Waals surface area contributed by atoms with Gasteiger partial charge in [-0.05, 0) is 53.8 Å². The molecule has 21 heavy (non-hydrogen) atoms. The van der Waals surface area contributed by atoms with Crippen molar-refractivity contribution in [1.29, 1.82) is 0 Å². The van der Waals surface area contributed by atoms with Crippen LogP contribution in [0.25, 0.3) is 10.9 Å². The summed E-state index contributed by atoms with van der Waals surface area (Å²) in [4.78, 5) is 3.15. The number of hydrogen-bond acceptors (Lipinski definition) is 1. The zero-order valence-electron chi connectivity index (χ0n) is 11.7. The molecule has 1 aromatic heterocycles. The third-order valence-electron chi connectivity index (χ3n) is 3.67.